The summed E-state index contributed by atoms with van der Waals surface area (Å²) in [6, 6.07) is 8.81. The van der Waals surface area contributed by atoms with E-state index in [0.29, 0.717) is 5.56 Å². The molecule has 0 unspecified atom stereocenters. The highest BCUT2D eigenvalue weighted by atomic mass is 16.8. The van der Waals surface area contributed by atoms with Crippen LogP contribution in [0.2, 0.25) is 0 Å². The Morgan fingerprint density at radius 2 is 1.45 bits per heavy atom. The lowest BCUT2D eigenvalue weighted by molar-refractivity contribution is -0.353. The summed E-state index contributed by atoms with van der Waals surface area (Å²) in [6.45, 7) is 4.89. The molecule has 17 nitrogen and oxygen atoms in total. The van der Waals surface area contributed by atoms with E-state index in [9.17, 15) is 39.0 Å². The van der Waals surface area contributed by atoms with Crippen LogP contribution in [-0.4, -0.2) is 114 Å². The Morgan fingerprint density at radius 1 is 0.843 bits per heavy atom. The second-order valence-corrected chi connectivity index (χ2v) is 12.2. The first kappa shape index (κ1) is 39.0. The molecule has 1 aliphatic carbocycles. The largest absolute Gasteiger partial charge is 0.471 e. The van der Waals surface area contributed by atoms with Crippen LogP contribution in [0, 0.1) is 5.92 Å². The van der Waals surface area contributed by atoms with Gasteiger partial charge in [-0.3, -0.25) is 19.2 Å². The van der Waals surface area contributed by atoms with Crippen LogP contribution >= 0.6 is 0 Å². The third-order valence-corrected chi connectivity index (χ3v) is 8.44. The van der Waals surface area contributed by atoms with Gasteiger partial charge < -0.3 is 52.8 Å². The van der Waals surface area contributed by atoms with E-state index in [4.69, 9.17) is 42.6 Å². The highest BCUT2D eigenvalue weighted by Gasteiger charge is 2.69. The van der Waals surface area contributed by atoms with E-state index in [1.54, 1.807) is 30.3 Å². The first-order chi connectivity index (χ1) is 24.0. The lowest BCUT2D eigenvalue weighted by atomic mass is 9.77. The van der Waals surface area contributed by atoms with Gasteiger partial charge in [0.2, 0.25) is 12.6 Å². The highest BCUT2D eigenvalue weighted by Crippen LogP contribution is 2.53. The molecule has 1 aromatic rings. The molecule has 2 aliphatic heterocycles. The molecule has 51 heavy (non-hydrogen) atoms. The van der Waals surface area contributed by atoms with Crippen molar-refractivity contribution in [1.29, 1.82) is 0 Å². The maximum Gasteiger partial charge on any atom is 0.339 e. The Hall–Kier alpha value is -4.84. The summed E-state index contributed by atoms with van der Waals surface area (Å²) in [5.74, 6) is -6.94. The molecule has 1 saturated carbocycles. The summed E-state index contributed by atoms with van der Waals surface area (Å²) < 4.78 is 49.6. The zero-order valence-electron chi connectivity index (χ0n) is 28.7. The van der Waals surface area contributed by atoms with Crippen LogP contribution in [0.5, 0.6) is 0 Å². The molecule has 3 aliphatic rings. The normalized spacial score (nSPS) is 32.7. The number of carbonyl (C=O) groups excluding carboxylic acids is 6. The molecule has 2 heterocycles. The van der Waals surface area contributed by atoms with Crippen LogP contribution in [0.1, 0.15) is 46.6 Å². The molecule has 0 spiro atoms. The molecule has 1 aromatic carbocycles. The smallest absolute Gasteiger partial charge is 0.339 e. The van der Waals surface area contributed by atoms with Gasteiger partial charge in [-0.05, 0) is 18.6 Å². The number of hydrogen-bond acceptors (Lipinski definition) is 17. The van der Waals surface area contributed by atoms with Crippen molar-refractivity contribution in [2.45, 2.75) is 95.3 Å². The molecule has 278 valence electrons. The number of hydrogen-bond donors (Lipinski definition) is 2. The minimum Gasteiger partial charge on any atom is -0.471 e. The Balaban J connectivity index is 1.72. The molecular formula is C34H40O17. The third-order valence-electron chi connectivity index (χ3n) is 8.44. The van der Waals surface area contributed by atoms with Crippen LogP contribution in [-0.2, 0) is 71.4 Å². The zero-order valence-corrected chi connectivity index (χ0v) is 28.7. The van der Waals surface area contributed by atoms with Gasteiger partial charge in [-0.25, -0.2) is 9.59 Å². The van der Waals surface area contributed by atoms with Gasteiger partial charge in [0.25, 0.3) is 0 Å². The molecule has 10 atom stereocenters. The molecule has 2 N–H and O–H groups in total. The van der Waals surface area contributed by atoms with Crippen LogP contribution < -0.4 is 0 Å². The maximum atomic E-state index is 12.9. The van der Waals surface area contributed by atoms with Crippen molar-refractivity contribution in [3.8, 4) is 0 Å². The number of esters is 6. The van der Waals surface area contributed by atoms with Crippen LogP contribution in [0.25, 0.3) is 6.08 Å². The van der Waals surface area contributed by atoms with E-state index in [1.165, 1.54) is 13.0 Å². The molecule has 1 saturated heterocycles. The molecule has 0 radical (unpaired) electrons. The SMILES string of the molecule is COC(=O)C1=CO[C@@H](O[C@@H]2O[C@H](COC(C)=O)[C@@H](OC(C)=O)[C@H](OC(C)=O)[C@H]2OC(C)=O)[C@@H]2[C@@](C)(O)[C@@H](OC(=O)C=Cc3ccccc3)C[C@]12O. The predicted octanol–water partition coefficient (Wildman–Crippen LogP) is 0.627. The predicted molar refractivity (Wildman–Crippen MR) is 167 cm³/mol. The summed E-state index contributed by atoms with van der Waals surface area (Å²) in [5, 5.41) is 24.0. The number of fused-ring (bicyclic) bond motifs is 1. The fourth-order valence-corrected chi connectivity index (χ4v) is 6.34. The summed E-state index contributed by atoms with van der Waals surface area (Å²) in [5.41, 5.74) is -4.26. The van der Waals surface area contributed by atoms with Gasteiger partial charge in [-0.1, -0.05) is 30.3 Å². The molecule has 0 amide bonds. The van der Waals surface area contributed by atoms with Crippen LogP contribution in [0.15, 0.2) is 48.2 Å². The van der Waals surface area contributed by atoms with Crippen molar-refractivity contribution in [1.82, 2.24) is 0 Å². The number of benzene rings is 1. The molecule has 17 heteroatoms. The van der Waals surface area contributed by atoms with E-state index >= 15 is 0 Å². The van der Waals surface area contributed by atoms with E-state index in [2.05, 4.69) is 0 Å². The van der Waals surface area contributed by atoms with Crippen LogP contribution in [0.3, 0.4) is 0 Å². The monoisotopic (exact) mass is 720 g/mol. The van der Waals surface area contributed by atoms with E-state index < -0.39 is 115 Å². The van der Waals surface area contributed by atoms with Gasteiger partial charge >= 0.3 is 35.8 Å². The van der Waals surface area contributed by atoms with E-state index in [1.807, 2.05) is 0 Å². The number of carbonyl (C=O) groups is 6. The minimum absolute atomic E-state index is 0.435. The lowest BCUT2D eigenvalue weighted by Crippen LogP contribution is -2.65. The lowest BCUT2D eigenvalue weighted by Gasteiger charge is -2.47. The fourth-order valence-electron chi connectivity index (χ4n) is 6.34. The first-order valence-electron chi connectivity index (χ1n) is 15.8. The van der Waals surface area contributed by atoms with Gasteiger partial charge in [0.05, 0.1) is 19.3 Å². The van der Waals surface area contributed by atoms with Gasteiger partial charge in [0.1, 0.15) is 35.6 Å². The standard InChI is InChI=1S/C34H40O17/c1-17(35)44-16-23-26(46-18(2)36)27(47-19(3)37)28(48-20(4)38)31(49-23)51-32-29-33(5,41)24(14-34(29,42)22(15-45-32)30(40)43-6)50-25(39)13-12-21-10-8-7-9-11-21/h7-13,15,23-24,26-29,31-32,41-42H,14,16H2,1-6H3/t23-,24+,26-,27+,28-,29-,31+,32+,33+,34+/m1/s1. The van der Waals surface area contributed by atoms with Gasteiger partial charge in [-0.15, -0.1) is 0 Å². The Bertz CT molecular complexity index is 1550. The Labute approximate surface area is 292 Å². The quantitative estimate of drug-likeness (QED) is 0.182. The Morgan fingerprint density at radius 3 is 2.04 bits per heavy atom. The number of aliphatic hydroxyl groups is 2. The van der Waals surface area contributed by atoms with Gasteiger partial charge in [-0.2, -0.15) is 0 Å². The number of methoxy groups -OCH3 is 1. The topological polar surface area (TPSA) is 226 Å². The van der Waals surface area contributed by atoms with Crippen molar-refractivity contribution in [2.75, 3.05) is 13.7 Å². The average Bonchev–Trinajstić information content (AvgIpc) is 3.25. The van der Waals surface area contributed by atoms with Gasteiger partial charge in [0.15, 0.2) is 18.3 Å². The van der Waals surface area contributed by atoms with Crippen molar-refractivity contribution < 1.29 is 81.6 Å². The van der Waals surface area contributed by atoms with Crippen molar-refractivity contribution in [3.63, 3.8) is 0 Å². The van der Waals surface area contributed by atoms with Crippen molar-refractivity contribution >= 4 is 41.9 Å². The molecule has 0 aromatic heterocycles. The summed E-state index contributed by atoms with van der Waals surface area (Å²) >= 11 is 0. The summed E-state index contributed by atoms with van der Waals surface area (Å²) in [4.78, 5) is 74.1. The average molecular weight is 721 g/mol. The summed E-state index contributed by atoms with van der Waals surface area (Å²) in [7, 11) is 1.06. The number of rotatable bonds is 11. The van der Waals surface area contributed by atoms with Crippen LogP contribution in [0.4, 0.5) is 0 Å². The van der Waals surface area contributed by atoms with Crippen molar-refractivity contribution in [3.05, 3.63) is 53.8 Å². The molecule has 2 fully saturated rings. The van der Waals surface area contributed by atoms with Gasteiger partial charge in [0, 0.05) is 40.2 Å². The maximum absolute atomic E-state index is 12.9. The van der Waals surface area contributed by atoms with Crippen molar-refractivity contribution in [2.24, 2.45) is 5.92 Å². The van der Waals surface area contributed by atoms with E-state index in [0.717, 1.165) is 47.1 Å². The number of ether oxygens (including phenoxy) is 9. The molecule has 4 rings (SSSR count). The second kappa shape index (κ2) is 16.0. The molecular weight excluding hydrogens is 680 g/mol. The fraction of sp³-hybridized carbons (Fsp3) is 0.529. The minimum atomic E-state index is -2.31. The second-order valence-electron chi connectivity index (χ2n) is 12.2. The summed E-state index contributed by atoms with van der Waals surface area (Å²) in [6.07, 6.45) is -8.28. The Kier molecular flexibility index (Phi) is 12.2. The first-order valence-corrected chi connectivity index (χ1v) is 15.8. The molecule has 0 bridgehead atoms. The van der Waals surface area contributed by atoms with E-state index in [-0.39, 0.29) is 0 Å². The zero-order chi connectivity index (χ0) is 37.7. The third kappa shape index (κ3) is 8.91. The highest BCUT2D eigenvalue weighted by molar-refractivity contribution is 5.91.